The van der Waals surface area contributed by atoms with Crippen LogP contribution in [0.3, 0.4) is 0 Å². The van der Waals surface area contributed by atoms with Crippen LogP contribution in [-0.4, -0.2) is 35.9 Å². The van der Waals surface area contributed by atoms with E-state index in [2.05, 4.69) is 5.32 Å². The van der Waals surface area contributed by atoms with Gasteiger partial charge in [-0.25, -0.2) is 4.79 Å². The smallest absolute Gasteiger partial charge is 0.437 e. The molecule has 0 aliphatic carbocycles. The fourth-order valence-electron chi connectivity index (χ4n) is 3.33. The van der Waals surface area contributed by atoms with E-state index in [4.69, 9.17) is 4.74 Å². The first-order valence-corrected chi connectivity index (χ1v) is 8.69. The van der Waals surface area contributed by atoms with Gasteiger partial charge in [-0.15, -0.1) is 0 Å². The number of carbonyl (C=O) groups is 2. The minimum Gasteiger partial charge on any atom is -0.497 e. The lowest BCUT2D eigenvalue weighted by atomic mass is 9.77. The van der Waals surface area contributed by atoms with Crippen molar-refractivity contribution in [2.24, 2.45) is 5.92 Å². The van der Waals surface area contributed by atoms with Crippen molar-refractivity contribution in [1.82, 2.24) is 10.6 Å². The van der Waals surface area contributed by atoms with Gasteiger partial charge in [-0.05, 0) is 24.6 Å². The Balaban J connectivity index is 2.13. The molecule has 29 heavy (non-hydrogen) atoms. The summed E-state index contributed by atoms with van der Waals surface area (Å²) in [4.78, 5) is 25.1. The average Bonchev–Trinajstić information content (AvgIpc) is 2.67. The molecule has 3 rings (SSSR count). The average molecular weight is 408 g/mol. The number of rotatable bonds is 4. The molecule has 154 valence electrons. The van der Waals surface area contributed by atoms with E-state index >= 15 is 0 Å². The molecule has 0 unspecified atom stereocenters. The maximum atomic E-state index is 13.8. The zero-order chi connectivity index (χ0) is 21.4. The van der Waals surface area contributed by atoms with E-state index in [9.17, 15) is 27.9 Å². The summed E-state index contributed by atoms with van der Waals surface area (Å²) in [6.07, 6.45) is -5.29. The molecule has 2 amide bonds. The second-order valence-electron chi connectivity index (χ2n) is 6.82. The van der Waals surface area contributed by atoms with Crippen LogP contribution in [0, 0.1) is 12.8 Å². The second-order valence-corrected chi connectivity index (χ2v) is 6.82. The Kier molecular flexibility index (Phi) is 5.27. The highest BCUT2D eigenvalue weighted by atomic mass is 19.4. The Morgan fingerprint density at radius 1 is 1.10 bits per heavy atom. The minimum absolute atomic E-state index is 0.0141. The molecule has 0 bridgehead atoms. The predicted molar refractivity (Wildman–Crippen MR) is 97.4 cm³/mol. The number of methoxy groups -OCH3 is 1. The molecule has 1 saturated heterocycles. The van der Waals surface area contributed by atoms with E-state index in [-0.39, 0.29) is 11.1 Å². The molecule has 2 aromatic rings. The van der Waals surface area contributed by atoms with Crippen LogP contribution in [0.1, 0.15) is 27.5 Å². The molecule has 1 fully saturated rings. The summed E-state index contributed by atoms with van der Waals surface area (Å²) in [5.41, 5.74) is -2.73. The highest BCUT2D eigenvalue weighted by Gasteiger charge is 2.66. The molecule has 1 aliphatic rings. The lowest BCUT2D eigenvalue weighted by molar-refractivity contribution is -0.287. The van der Waals surface area contributed by atoms with Gasteiger partial charge < -0.3 is 20.5 Å². The highest BCUT2D eigenvalue weighted by molar-refractivity contribution is 6.00. The van der Waals surface area contributed by atoms with Gasteiger partial charge in [0.25, 0.3) is 0 Å². The summed E-state index contributed by atoms with van der Waals surface area (Å²) in [6, 6.07) is 9.12. The van der Waals surface area contributed by atoms with Crippen LogP contribution in [0.5, 0.6) is 5.75 Å². The van der Waals surface area contributed by atoms with Crippen molar-refractivity contribution >= 4 is 11.8 Å². The zero-order valence-corrected chi connectivity index (χ0v) is 15.6. The first-order chi connectivity index (χ1) is 13.6. The van der Waals surface area contributed by atoms with Crippen molar-refractivity contribution < 1.29 is 32.6 Å². The molecular formula is C20H19F3N2O4. The molecule has 0 saturated carbocycles. The number of aliphatic hydroxyl groups is 1. The molecule has 0 aromatic heterocycles. The normalized spacial score (nSPS) is 24.4. The van der Waals surface area contributed by atoms with Crippen LogP contribution < -0.4 is 15.4 Å². The zero-order valence-electron chi connectivity index (χ0n) is 15.6. The van der Waals surface area contributed by atoms with Crippen molar-refractivity contribution in [1.29, 1.82) is 0 Å². The van der Waals surface area contributed by atoms with Crippen molar-refractivity contribution in [3.05, 3.63) is 65.2 Å². The van der Waals surface area contributed by atoms with Gasteiger partial charge >= 0.3 is 12.2 Å². The van der Waals surface area contributed by atoms with Crippen molar-refractivity contribution in [2.45, 2.75) is 24.9 Å². The van der Waals surface area contributed by atoms with Gasteiger partial charge in [0.1, 0.15) is 11.7 Å². The summed E-state index contributed by atoms with van der Waals surface area (Å²) in [5, 5.41) is 14.4. The van der Waals surface area contributed by atoms with Gasteiger partial charge in [-0.1, -0.05) is 42.0 Å². The molecule has 1 aliphatic heterocycles. The van der Waals surface area contributed by atoms with Gasteiger partial charge in [-0.3, -0.25) is 4.79 Å². The topological polar surface area (TPSA) is 87.7 Å². The standard InChI is InChI=1S/C20H19F3N2O4/c1-11-3-5-13(6-4-11)17(26)15-16(12-7-9-14(29-2)10-8-12)24-18(27)25-19(15,28)20(21,22)23/h3-10,15-16,28H,1-2H3,(H2,24,25,27)/t15-,16-,19-/m1/s1. The monoisotopic (exact) mass is 408 g/mol. The summed E-state index contributed by atoms with van der Waals surface area (Å²) in [6.45, 7) is 1.77. The van der Waals surface area contributed by atoms with E-state index in [1.54, 1.807) is 19.1 Å². The van der Waals surface area contributed by atoms with Crippen LogP contribution in [0.4, 0.5) is 18.0 Å². The Labute approximate surface area is 164 Å². The number of halogens is 3. The SMILES string of the molecule is COc1ccc([C@H]2NC(=O)N[C@](O)(C(F)(F)F)[C@H]2C(=O)c2ccc(C)cc2)cc1. The Bertz CT molecular complexity index is 913. The Morgan fingerprint density at radius 3 is 2.21 bits per heavy atom. The van der Waals surface area contributed by atoms with E-state index in [1.807, 2.05) is 0 Å². The predicted octanol–water partition coefficient (Wildman–Crippen LogP) is 3.11. The molecule has 3 atom stereocenters. The van der Waals surface area contributed by atoms with E-state index < -0.39 is 35.7 Å². The van der Waals surface area contributed by atoms with Crippen LogP contribution in [0.2, 0.25) is 0 Å². The number of aryl methyl sites for hydroxylation is 1. The number of urea groups is 1. The van der Waals surface area contributed by atoms with Crippen LogP contribution >= 0.6 is 0 Å². The number of hydrogen-bond donors (Lipinski definition) is 3. The van der Waals surface area contributed by atoms with Crippen LogP contribution in [-0.2, 0) is 0 Å². The van der Waals surface area contributed by atoms with Crippen molar-refractivity contribution in [2.75, 3.05) is 7.11 Å². The number of alkyl halides is 3. The molecule has 9 heteroatoms. The van der Waals surface area contributed by atoms with Crippen molar-refractivity contribution in [3.63, 3.8) is 0 Å². The lowest BCUT2D eigenvalue weighted by Gasteiger charge is -2.45. The van der Waals surface area contributed by atoms with Gasteiger partial charge in [0.2, 0.25) is 5.72 Å². The molecule has 0 radical (unpaired) electrons. The Hall–Kier alpha value is -3.07. The summed E-state index contributed by atoms with van der Waals surface area (Å²) < 4.78 is 46.5. The maximum Gasteiger partial charge on any atom is 0.437 e. The maximum absolute atomic E-state index is 13.8. The fraction of sp³-hybridized carbons (Fsp3) is 0.300. The summed E-state index contributed by atoms with van der Waals surface area (Å²) >= 11 is 0. The van der Waals surface area contributed by atoms with Crippen LogP contribution in [0.25, 0.3) is 0 Å². The first-order valence-electron chi connectivity index (χ1n) is 8.69. The molecule has 3 N–H and O–H groups in total. The summed E-state index contributed by atoms with van der Waals surface area (Å²) in [5.74, 6) is -2.57. The van der Waals surface area contributed by atoms with Gasteiger partial charge in [0, 0.05) is 5.56 Å². The number of ketones is 1. The van der Waals surface area contributed by atoms with Gasteiger partial charge in [0.05, 0.1) is 13.2 Å². The number of benzene rings is 2. The fourth-order valence-corrected chi connectivity index (χ4v) is 3.33. The molecular weight excluding hydrogens is 389 g/mol. The molecule has 1 heterocycles. The third kappa shape index (κ3) is 3.77. The second kappa shape index (κ2) is 7.40. The molecule has 2 aromatic carbocycles. The number of Topliss-reactive ketones (excluding diaryl/α,β-unsaturated/α-hetero) is 1. The van der Waals surface area contributed by atoms with E-state index in [0.717, 1.165) is 5.56 Å². The third-order valence-electron chi connectivity index (χ3n) is 4.90. The van der Waals surface area contributed by atoms with Gasteiger partial charge in [-0.2, -0.15) is 13.2 Å². The first kappa shape index (κ1) is 20.7. The number of amides is 2. The number of ether oxygens (including phenoxy) is 1. The molecule has 6 nitrogen and oxygen atoms in total. The number of nitrogens with one attached hydrogen (secondary N) is 2. The summed E-state index contributed by atoms with van der Waals surface area (Å²) in [7, 11) is 1.42. The van der Waals surface area contributed by atoms with E-state index in [0.29, 0.717) is 5.75 Å². The Morgan fingerprint density at radius 2 is 1.69 bits per heavy atom. The third-order valence-corrected chi connectivity index (χ3v) is 4.90. The lowest BCUT2D eigenvalue weighted by Crippen LogP contribution is -2.72. The van der Waals surface area contributed by atoms with E-state index in [1.165, 1.54) is 48.8 Å². The number of carbonyl (C=O) groups excluding carboxylic acids is 2. The highest BCUT2D eigenvalue weighted by Crippen LogP contribution is 2.44. The van der Waals surface area contributed by atoms with Crippen molar-refractivity contribution in [3.8, 4) is 5.75 Å². The van der Waals surface area contributed by atoms with Gasteiger partial charge in [0.15, 0.2) is 5.78 Å². The molecule has 0 spiro atoms. The van der Waals surface area contributed by atoms with Crippen LogP contribution in [0.15, 0.2) is 48.5 Å². The number of hydrogen-bond acceptors (Lipinski definition) is 4. The largest absolute Gasteiger partial charge is 0.497 e. The minimum atomic E-state index is -5.29. The quantitative estimate of drug-likeness (QED) is 0.679.